The van der Waals surface area contributed by atoms with Gasteiger partial charge in [-0.25, -0.2) is 13.2 Å². The Morgan fingerprint density at radius 3 is 2.44 bits per heavy atom. The lowest BCUT2D eigenvalue weighted by atomic mass is 10.2. The number of hydrogen-bond acceptors (Lipinski definition) is 4. The molecule has 1 aromatic heterocycles. The maximum atomic E-state index is 13.6. The van der Waals surface area contributed by atoms with Crippen molar-refractivity contribution in [2.75, 3.05) is 12.4 Å². The van der Waals surface area contributed by atoms with Gasteiger partial charge in [-0.05, 0) is 36.2 Å². The molecule has 0 fully saturated rings. The fourth-order valence-electron chi connectivity index (χ4n) is 2.52. The van der Waals surface area contributed by atoms with Crippen LogP contribution in [0.4, 0.5) is 24.8 Å². The van der Waals surface area contributed by atoms with Crippen LogP contribution in [0.1, 0.15) is 11.1 Å². The number of ether oxygens (including phenoxy) is 1. The van der Waals surface area contributed by atoms with Gasteiger partial charge >= 0.3 is 5.56 Å². The molecule has 140 valence electrons. The summed E-state index contributed by atoms with van der Waals surface area (Å²) in [5, 5.41) is 2.85. The standard InChI is InChI=1S/C19H16F3N3O2/c1-11-7-14(21)15(22)8-16(11)23-19-24-18(26)17(27-2)10-25(19)9-12-3-5-13(20)6-4-12/h3-8,10H,9H2,1-2H3,(H,23,24,26). The number of nitrogens with one attached hydrogen (secondary N) is 1. The fraction of sp³-hybridized carbons (Fsp3) is 0.158. The van der Waals surface area contributed by atoms with Crippen LogP contribution in [0.3, 0.4) is 0 Å². The van der Waals surface area contributed by atoms with E-state index in [1.807, 2.05) is 0 Å². The van der Waals surface area contributed by atoms with E-state index in [9.17, 15) is 18.0 Å². The minimum Gasteiger partial charge on any atom is -0.490 e. The van der Waals surface area contributed by atoms with Crippen molar-refractivity contribution in [3.63, 3.8) is 0 Å². The molecule has 0 aliphatic carbocycles. The second kappa shape index (κ2) is 7.53. The minimum atomic E-state index is -1.02. The summed E-state index contributed by atoms with van der Waals surface area (Å²) in [4.78, 5) is 16.0. The molecule has 0 radical (unpaired) electrons. The van der Waals surface area contributed by atoms with Crippen molar-refractivity contribution >= 4 is 11.6 Å². The van der Waals surface area contributed by atoms with Crippen LogP contribution in [-0.2, 0) is 6.54 Å². The second-order valence-corrected chi connectivity index (χ2v) is 5.90. The molecule has 0 aliphatic rings. The number of hydrogen-bond donors (Lipinski definition) is 1. The number of methoxy groups -OCH3 is 1. The first kappa shape index (κ1) is 18.5. The molecule has 0 bridgehead atoms. The van der Waals surface area contributed by atoms with Gasteiger partial charge in [-0.1, -0.05) is 12.1 Å². The van der Waals surface area contributed by atoms with Gasteiger partial charge in [-0.15, -0.1) is 0 Å². The highest BCUT2D eigenvalue weighted by atomic mass is 19.2. The Balaban J connectivity index is 2.03. The molecule has 3 aromatic rings. The molecule has 8 heteroatoms. The summed E-state index contributed by atoms with van der Waals surface area (Å²) in [6, 6.07) is 7.84. The number of halogens is 3. The molecule has 0 amide bonds. The zero-order valence-electron chi connectivity index (χ0n) is 14.6. The number of aromatic nitrogens is 2. The first-order valence-electron chi connectivity index (χ1n) is 8.00. The van der Waals surface area contributed by atoms with Gasteiger partial charge in [-0.2, -0.15) is 4.98 Å². The van der Waals surface area contributed by atoms with E-state index in [1.54, 1.807) is 23.6 Å². The van der Waals surface area contributed by atoms with Crippen LogP contribution in [0.5, 0.6) is 5.75 Å². The lowest BCUT2D eigenvalue weighted by Crippen LogP contribution is -2.19. The number of aryl methyl sites for hydroxylation is 1. The van der Waals surface area contributed by atoms with E-state index in [-0.39, 0.29) is 29.7 Å². The Kier molecular flexibility index (Phi) is 5.16. The van der Waals surface area contributed by atoms with E-state index in [1.165, 1.54) is 25.4 Å². The van der Waals surface area contributed by atoms with Crippen molar-refractivity contribution in [3.05, 3.63) is 81.5 Å². The van der Waals surface area contributed by atoms with Crippen molar-refractivity contribution in [1.29, 1.82) is 0 Å². The molecule has 1 heterocycles. The third kappa shape index (κ3) is 4.11. The molecular weight excluding hydrogens is 359 g/mol. The smallest absolute Gasteiger partial charge is 0.316 e. The van der Waals surface area contributed by atoms with Gasteiger partial charge in [0.15, 0.2) is 11.6 Å². The van der Waals surface area contributed by atoms with E-state index in [0.29, 0.717) is 5.56 Å². The molecule has 0 unspecified atom stereocenters. The van der Waals surface area contributed by atoms with Gasteiger partial charge in [-0.3, -0.25) is 4.79 Å². The molecule has 27 heavy (non-hydrogen) atoms. The molecule has 0 atom stereocenters. The molecule has 0 saturated carbocycles. The zero-order chi connectivity index (χ0) is 19.6. The second-order valence-electron chi connectivity index (χ2n) is 5.90. The number of nitrogens with zero attached hydrogens (tertiary/aromatic N) is 2. The van der Waals surface area contributed by atoms with Crippen molar-refractivity contribution in [1.82, 2.24) is 9.55 Å². The molecule has 0 aliphatic heterocycles. The van der Waals surface area contributed by atoms with Gasteiger partial charge in [0.2, 0.25) is 11.7 Å². The summed E-state index contributed by atoms with van der Waals surface area (Å²) in [5.41, 5.74) is 0.829. The molecule has 0 saturated heterocycles. The van der Waals surface area contributed by atoms with Gasteiger partial charge in [0.05, 0.1) is 19.9 Å². The number of benzene rings is 2. The zero-order valence-corrected chi connectivity index (χ0v) is 14.6. The van der Waals surface area contributed by atoms with Crippen LogP contribution in [0, 0.1) is 24.4 Å². The van der Waals surface area contributed by atoms with E-state index in [4.69, 9.17) is 4.74 Å². The summed E-state index contributed by atoms with van der Waals surface area (Å²) >= 11 is 0. The lowest BCUT2D eigenvalue weighted by Gasteiger charge is -2.16. The summed E-state index contributed by atoms with van der Waals surface area (Å²) in [6.45, 7) is 1.84. The van der Waals surface area contributed by atoms with Crippen molar-refractivity contribution in [2.45, 2.75) is 13.5 Å². The third-order valence-corrected chi connectivity index (χ3v) is 3.96. The largest absolute Gasteiger partial charge is 0.490 e. The number of rotatable bonds is 5. The van der Waals surface area contributed by atoms with Gasteiger partial charge in [0.1, 0.15) is 5.82 Å². The van der Waals surface area contributed by atoms with Gasteiger partial charge in [0, 0.05) is 11.8 Å². The molecule has 3 rings (SSSR count). The van der Waals surface area contributed by atoms with Crippen LogP contribution >= 0.6 is 0 Å². The van der Waals surface area contributed by atoms with Crippen LogP contribution in [0.25, 0.3) is 0 Å². The summed E-state index contributed by atoms with van der Waals surface area (Å²) < 4.78 is 46.6. The van der Waals surface area contributed by atoms with Crippen LogP contribution in [0.2, 0.25) is 0 Å². The fourth-order valence-corrected chi connectivity index (χ4v) is 2.52. The van der Waals surface area contributed by atoms with E-state index in [2.05, 4.69) is 10.3 Å². The van der Waals surface area contributed by atoms with E-state index >= 15 is 0 Å². The van der Waals surface area contributed by atoms with Gasteiger partial charge in [0.25, 0.3) is 0 Å². The van der Waals surface area contributed by atoms with Crippen molar-refractivity contribution in [3.8, 4) is 5.75 Å². The van der Waals surface area contributed by atoms with Crippen LogP contribution in [-0.4, -0.2) is 16.7 Å². The first-order valence-corrected chi connectivity index (χ1v) is 8.00. The van der Waals surface area contributed by atoms with Crippen molar-refractivity contribution < 1.29 is 17.9 Å². The van der Waals surface area contributed by atoms with Gasteiger partial charge < -0.3 is 14.6 Å². The summed E-state index contributed by atoms with van der Waals surface area (Å²) in [5.74, 6) is -2.23. The highest BCUT2D eigenvalue weighted by Gasteiger charge is 2.13. The Bertz CT molecular complexity index is 1030. The monoisotopic (exact) mass is 375 g/mol. The summed E-state index contributed by atoms with van der Waals surface area (Å²) in [7, 11) is 1.34. The highest BCUT2D eigenvalue weighted by molar-refractivity contribution is 5.59. The molecule has 2 aromatic carbocycles. The maximum Gasteiger partial charge on any atom is 0.316 e. The Morgan fingerprint density at radius 1 is 1.11 bits per heavy atom. The summed E-state index contributed by atoms with van der Waals surface area (Å²) in [6.07, 6.45) is 1.44. The minimum absolute atomic E-state index is 0.0182. The molecule has 0 spiro atoms. The van der Waals surface area contributed by atoms with Crippen LogP contribution in [0.15, 0.2) is 47.4 Å². The average molecular weight is 375 g/mol. The Labute approximate surface area is 153 Å². The third-order valence-electron chi connectivity index (χ3n) is 3.96. The topological polar surface area (TPSA) is 56.1 Å². The predicted molar refractivity (Wildman–Crippen MR) is 94.9 cm³/mol. The molecular formula is C19H16F3N3O2. The SMILES string of the molecule is COc1cn(Cc2ccc(F)cc2)c(Nc2cc(F)c(F)cc2C)nc1=O. The average Bonchev–Trinajstić information content (AvgIpc) is 2.63. The first-order chi connectivity index (χ1) is 12.9. The number of anilines is 2. The molecule has 1 N–H and O–H groups in total. The lowest BCUT2D eigenvalue weighted by molar-refractivity contribution is 0.402. The van der Waals surface area contributed by atoms with E-state index in [0.717, 1.165) is 17.7 Å². The normalized spacial score (nSPS) is 10.7. The van der Waals surface area contributed by atoms with E-state index < -0.39 is 17.2 Å². The predicted octanol–water partition coefficient (Wildman–Crippen LogP) is 3.77. The van der Waals surface area contributed by atoms with Crippen molar-refractivity contribution in [2.24, 2.45) is 0 Å². The molecule has 5 nitrogen and oxygen atoms in total. The quantitative estimate of drug-likeness (QED) is 0.738. The highest BCUT2D eigenvalue weighted by Crippen LogP contribution is 2.23. The maximum absolute atomic E-state index is 13.6. The van der Waals surface area contributed by atoms with Crippen LogP contribution < -0.4 is 15.6 Å². The Hall–Kier alpha value is -3.29. The Morgan fingerprint density at radius 2 is 1.78 bits per heavy atom.